The van der Waals surface area contributed by atoms with E-state index < -0.39 is 4.92 Å². The van der Waals surface area contributed by atoms with Gasteiger partial charge in [-0.15, -0.1) is 0 Å². The number of aliphatic hydroxyl groups is 1. The van der Waals surface area contributed by atoms with E-state index in [9.17, 15) is 15.2 Å². The maximum absolute atomic E-state index is 10.7. The van der Waals surface area contributed by atoms with Crippen molar-refractivity contribution in [2.24, 2.45) is 0 Å². The Morgan fingerprint density at radius 3 is 2.95 bits per heavy atom. The van der Waals surface area contributed by atoms with Crippen molar-refractivity contribution in [2.45, 2.75) is 32.0 Å². The van der Waals surface area contributed by atoms with Crippen LogP contribution in [0.2, 0.25) is 0 Å². The quantitative estimate of drug-likeness (QED) is 0.639. The molecule has 1 aliphatic carbocycles. The van der Waals surface area contributed by atoms with Gasteiger partial charge in [0.15, 0.2) is 12.4 Å². The zero-order valence-corrected chi connectivity index (χ0v) is 11.1. The normalized spacial score (nSPS) is 14.1. The number of nitrogens with zero attached hydrogens (tertiary/aromatic N) is 3. The number of hydrogen-bond acceptors (Lipinski definition) is 7. The topological polar surface area (TPSA) is 112 Å². The molecule has 1 aromatic carbocycles. The van der Waals surface area contributed by atoms with Crippen LogP contribution >= 0.6 is 0 Å². The van der Waals surface area contributed by atoms with Crippen molar-refractivity contribution < 1.29 is 19.3 Å². The van der Waals surface area contributed by atoms with Gasteiger partial charge in [0.25, 0.3) is 11.6 Å². The lowest BCUT2D eigenvalue weighted by atomic mass is 10.2. The molecule has 0 unspecified atom stereocenters. The van der Waals surface area contributed by atoms with Crippen LogP contribution in [0, 0.1) is 10.1 Å². The lowest BCUT2D eigenvalue weighted by Crippen LogP contribution is -2.00. The van der Waals surface area contributed by atoms with Crippen LogP contribution in [-0.4, -0.2) is 20.2 Å². The average molecular weight is 291 g/mol. The minimum atomic E-state index is -0.525. The van der Waals surface area contributed by atoms with E-state index >= 15 is 0 Å². The number of nitro groups is 1. The third-order valence-electron chi connectivity index (χ3n) is 3.20. The Morgan fingerprint density at radius 1 is 1.48 bits per heavy atom. The predicted octanol–water partition coefficient (Wildman–Crippen LogP) is 1.93. The molecule has 0 bridgehead atoms. The second kappa shape index (κ2) is 5.49. The highest BCUT2D eigenvalue weighted by Crippen LogP contribution is 2.38. The van der Waals surface area contributed by atoms with E-state index in [0.29, 0.717) is 28.9 Å². The Balaban J connectivity index is 1.69. The van der Waals surface area contributed by atoms with Crippen LogP contribution in [0.1, 0.15) is 36.0 Å². The van der Waals surface area contributed by atoms with Crippen molar-refractivity contribution in [3.8, 4) is 5.75 Å². The van der Waals surface area contributed by atoms with Crippen LogP contribution in [-0.2, 0) is 13.2 Å². The predicted molar refractivity (Wildman–Crippen MR) is 69.6 cm³/mol. The van der Waals surface area contributed by atoms with Gasteiger partial charge in [-0.2, -0.15) is 4.98 Å². The Bertz CT molecular complexity index is 666. The molecule has 8 heteroatoms. The molecule has 0 radical (unpaired) electrons. The van der Waals surface area contributed by atoms with Crippen molar-refractivity contribution in [1.29, 1.82) is 0 Å². The molecule has 21 heavy (non-hydrogen) atoms. The van der Waals surface area contributed by atoms with Gasteiger partial charge in [0.05, 0.1) is 11.5 Å². The average Bonchev–Trinajstić information content (AvgIpc) is 3.24. The van der Waals surface area contributed by atoms with Crippen LogP contribution < -0.4 is 4.74 Å². The fourth-order valence-corrected chi connectivity index (χ4v) is 1.92. The summed E-state index contributed by atoms with van der Waals surface area (Å²) in [5, 5.41) is 23.8. The Labute approximate surface area is 119 Å². The van der Waals surface area contributed by atoms with Gasteiger partial charge in [0.2, 0.25) is 0 Å². The van der Waals surface area contributed by atoms with Gasteiger partial charge in [0.1, 0.15) is 5.75 Å². The number of non-ortho nitro benzene ring substituents is 1. The number of rotatable bonds is 6. The number of aliphatic hydroxyl groups excluding tert-OH is 1. The van der Waals surface area contributed by atoms with E-state index in [0.717, 1.165) is 12.8 Å². The monoisotopic (exact) mass is 291 g/mol. The fourth-order valence-electron chi connectivity index (χ4n) is 1.92. The summed E-state index contributed by atoms with van der Waals surface area (Å²) in [5.74, 6) is 1.79. The van der Waals surface area contributed by atoms with Gasteiger partial charge >= 0.3 is 0 Å². The molecule has 1 N–H and O–H groups in total. The summed E-state index contributed by atoms with van der Waals surface area (Å²) in [6, 6.07) is 4.04. The number of ether oxygens (including phenoxy) is 1. The SMILES string of the molecule is O=[N+]([O-])c1ccc(OCc2nc(C3CC3)no2)c(CO)c1. The van der Waals surface area contributed by atoms with Crippen molar-refractivity contribution >= 4 is 5.69 Å². The van der Waals surface area contributed by atoms with Crippen LogP contribution in [0.25, 0.3) is 0 Å². The summed E-state index contributed by atoms with van der Waals surface area (Å²) in [7, 11) is 0. The number of hydrogen-bond donors (Lipinski definition) is 1. The van der Waals surface area contributed by atoms with Crippen LogP contribution in [0.4, 0.5) is 5.69 Å². The first kappa shape index (κ1) is 13.5. The first-order valence-electron chi connectivity index (χ1n) is 6.51. The molecule has 0 amide bonds. The van der Waals surface area contributed by atoms with Crippen molar-refractivity contribution in [2.75, 3.05) is 0 Å². The minimum absolute atomic E-state index is 0.0601. The van der Waals surface area contributed by atoms with Crippen molar-refractivity contribution in [1.82, 2.24) is 10.1 Å². The zero-order chi connectivity index (χ0) is 14.8. The first-order chi connectivity index (χ1) is 10.2. The summed E-state index contributed by atoms with van der Waals surface area (Å²) < 4.78 is 10.5. The van der Waals surface area contributed by atoms with Gasteiger partial charge < -0.3 is 14.4 Å². The molecule has 1 saturated carbocycles. The standard InChI is InChI=1S/C13H13N3O5/c17-6-9-5-10(16(18)19)3-4-11(9)20-7-12-14-13(15-21-12)8-1-2-8/h3-5,8,17H,1-2,6-7H2. The van der Waals surface area contributed by atoms with Gasteiger partial charge in [-0.05, 0) is 18.9 Å². The molecule has 0 atom stereocenters. The number of aromatic nitrogens is 2. The second-order valence-electron chi connectivity index (χ2n) is 4.82. The molecule has 0 aliphatic heterocycles. The van der Waals surface area contributed by atoms with Crippen molar-refractivity contribution in [3.63, 3.8) is 0 Å². The van der Waals surface area contributed by atoms with Gasteiger partial charge in [0, 0.05) is 23.6 Å². The fraction of sp³-hybridized carbons (Fsp3) is 0.385. The van der Waals surface area contributed by atoms with E-state index in [1.165, 1.54) is 18.2 Å². The van der Waals surface area contributed by atoms with Crippen LogP contribution in [0.15, 0.2) is 22.7 Å². The summed E-state index contributed by atoms with van der Waals surface area (Å²) in [4.78, 5) is 14.4. The maximum atomic E-state index is 10.7. The molecule has 1 heterocycles. The lowest BCUT2D eigenvalue weighted by molar-refractivity contribution is -0.385. The maximum Gasteiger partial charge on any atom is 0.270 e. The Morgan fingerprint density at radius 2 is 2.29 bits per heavy atom. The highest BCUT2D eigenvalue weighted by Gasteiger charge is 2.28. The highest BCUT2D eigenvalue weighted by molar-refractivity contribution is 5.43. The molecule has 0 spiro atoms. The molecule has 8 nitrogen and oxygen atoms in total. The number of nitro benzene ring substituents is 1. The van der Waals surface area contributed by atoms with Crippen molar-refractivity contribution in [3.05, 3.63) is 45.6 Å². The van der Waals surface area contributed by atoms with E-state index in [4.69, 9.17) is 9.26 Å². The largest absolute Gasteiger partial charge is 0.483 e. The molecular formula is C13H13N3O5. The lowest BCUT2D eigenvalue weighted by Gasteiger charge is -2.07. The number of benzene rings is 1. The molecular weight excluding hydrogens is 278 g/mol. The van der Waals surface area contributed by atoms with E-state index in [1.54, 1.807) is 0 Å². The highest BCUT2D eigenvalue weighted by atomic mass is 16.6. The first-order valence-corrected chi connectivity index (χ1v) is 6.51. The van der Waals surface area contributed by atoms with Gasteiger partial charge in [-0.1, -0.05) is 5.16 Å². The molecule has 1 fully saturated rings. The molecule has 3 rings (SSSR count). The molecule has 1 aliphatic rings. The summed E-state index contributed by atoms with van der Waals surface area (Å²) in [5.41, 5.74) is 0.242. The van der Waals surface area contributed by atoms with Crippen LogP contribution in [0.5, 0.6) is 5.75 Å². The summed E-state index contributed by atoms with van der Waals surface area (Å²) >= 11 is 0. The Kier molecular flexibility index (Phi) is 3.53. The third-order valence-corrected chi connectivity index (χ3v) is 3.20. The van der Waals surface area contributed by atoms with E-state index in [1.807, 2.05) is 0 Å². The molecule has 2 aromatic rings. The second-order valence-corrected chi connectivity index (χ2v) is 4.82. The molecule has 0 saturated heterocycles. The summed E-state index contributed by atoms with van der Waals surface area (Å²) in [6.07, 6.45) is 2.16. The minimum Gasteiger partial charge on any atom is -0.483 e. The van der Waals surface area contributed by atoms with E-state index in [2.05, 4.69) is 10.1 Å². The molecule has 1 aromatic heterocycles. The zero-order valence-electron chi connectivity index (χ0n) is 11.1. The van der Waals surface area contributed by atoms with Gasteiger partial charge in [-0.3, -0.25) is 10.1 Å². The summed E-state index contributed by atoms with van der Waals surface area (Å²) in [6.45, 7) is -0.293. The van der Waals surface area contributed by atoms with E-state index in [-0.39, 0.29) is 18.9 Å². The van der Waals surface area contributed by atoms with Crippen LogP contribution in [0.3, 0.4) is 0 Å². The third kappa shape index (κ3) is 3.00. The Hall–Kier alpha value is -2.48. The van der Waals surface area contributed by atoms with Gasteiger partial charge in [-0.25, -0.2) is 0 Å². The molecule has 110 valence electrons. The smallest absolute Gasteiger partial charge is 0.270 e.